The molecule has 2 atom stereocenters. The van der Waals surface area contributed by atoms with Gasteiger partial charge in [-0.05, 0) is 36.6 Å². The molecule has 0 spiro atoms. The SMILES string of the molecule is O=C(O)c1cccc(C(=O)N[C@@H]2CCO[C@H](c3ccccc3)C2)c1. The zero-order valence-corrected chi connectivity index (χ0v) is 13.1. The zero-order chi connectivity index (χ0) is 16.9. The number of hydrogen-bond acceptors (Lipinski definition) is 3. The van der Waals surface area contributed by atoms with Crippen molar-refractivity contribution in [1.82, 2.24) is 5.32 Å². The van der Waals surface area contributed by atoms with E-state index in [1.54, 1.807) is 12.1 Å². The van der Waals surface area contributed by atoms with E-state index >= 15 is 0 Å². The highest BCUT2D eigenvalue weighted by atomic mass is 16.5. The number of aromatic carboxylic acids is 1. The third-order valence-electron chi connectivity index (χ3n) is 4.16. The van der Waals surface area contributed by atoms with Crippen molar-refractivity contribution >= 4 is 11.9 Å². The van der Waals surface area contributed by atoms with Crippen molar-refractivity contribution in [3.8, 4) is 0 Å². The normalized spacial score (nSPS) is 20.3. The first-order chi connectivity index (χ1) is 11.6. The fraction of sp³-hybridized carbons (Fsp3) is 0.263. The number of rotatable bonds is 4. The molecule has 5 heteroatoms. The summed E-state index contributed by atoms with van der Waals surface area (Å²) in [6, 6.07) is 16.0. The molecule has 0 unspecified atom stereocenters. The topological polar surface area (TPSA) is 75.6 Å². The molecule has 1 amide bonds. The van der Waals surface area contributed by atoms with Crippen LogP contribution in [0.25, 0.3) is 0 Å². The molecule has 0 radical (unpaired) electrons. The first kappa shape index (κ1) is 16.2. The molecule has 1 fully saturated rings. The lowest BCUT2D eigenvalue weighted by Crippen LogP contribution is -2.39. The number of carboxylic acids is 1. The lowest BCUT2D eigenvalue weighted by Gasteiger charge is -2.30. The maximum Gasteiger partial charge on any atom is 0.335 e. The van der Waals surface area contributed by atoms with Crippen LogP contribution >= 0.6 is 0 Å². The second kappa shape index (κ2) is 7.27. The van der Waals surface area contributed by atoms with Gasteiger partial charge < -0.3 is 15.2 Å². The summed E-state index contributed by atoms with van der Waals surface area (Å²) in [6.45, 7) is 0.583. The van der Waals surface area contributed by atoms with Crippen LogP contribution in [0.15, 0.2) is 54.6 Å². The molecule has 5 nitrogen and oxygen atoms in total. The molecule has 3 rings (SSSR count). The standard InChI is InChI=1S/C19H19NO4/c21-18(14-7-4-8-15(11-14)19(22)23)20-16-9-10-24-17(12-16)13-5-2-1-3-6-13/h1-8,11,16-17H,9-10,12H2,(H,20,21)(H,22,23)/t16-,17+/m1/s1. The Morgan fingerprint density at radius 2 is 1.79 bits per heavy atom. The van der Waals surface area contributed by atoms with Crippen molar-refractivity contribution in [3.05, 3.63) is 71.3 Å². The van der Waals surface area contributed by atoms with Gasteiger partial charge in [-0.2, -0.15) is 0 Å². The minimum Gasteiger partial charge on any atom is -0.478 e. The lowest BCUT2D eigenvalue weighted by atomic mass is 9.97. The summed E-state index contributed by atoms with van der Waals surface area (Å²) in [5.74, 6) is -1.29. The number of carboxylic acid groups (broad SMARTS) is 1. The molecular weight excluding hydrogens is 306 g/mol. The first-order valence-corrected chi connectivity index (χ1v) is 7.94. The van der Waals surface area contributed by atoms with Gasteiger partial charge in [0.15, 0.2) is 0 Å². The molecule has 1 aliphatic rings. The van der Waals surface area contributed by atoms with E-state index in [1.807, 2.05) is 30.3 Å². The third-order valence-corrected chi connectivity index (χ3v) is 4.16. The van der Waals surface area contributed by atoms with E-state index in [9.17, 15) is 9.59 Å². The molecule has 2 aromatic rings. The van der Waals surface area contributed by atoms with E-state index in [0.29, 0.717) is 18.6 Å². The van der Waals surface area contributed by atoms with Crippen LogP contribution in [-0.4, -0.2) is 29.6 Å². The summed E-state index contributed by atoms with van der Waals surface area (Å²) in [7, 11) is 0. The van der Waals surface area contributed by atoms with Crippen molar-refractivity contribution in [2.24, 2.45) is 0 Å². The van der Waals surface area contributed by atoms with Gasteiger partial charge in [-0.15, -0.1) is 0 Å². The van der Waals surface area contributed by atoms with Gasteiger partial charge in [0.2, 0.25) is 0 Å². The van der Waals surface area contributed by atoms with Gasteiger partial charge in [-0.1, -0.05) is 36.4 Å². The van der Waals surface area contributed by atoms with Crippen LogP contribution in [0.2, 0.25) is 0 Å². The molecule has 1 heterocycles. The first-order valence-electron chi connectivity index (χ1n) is 7.94. The Kier molecular flexibility index (Phi) is 4.91. The smallest absolute Gasteiger partial charge is 0.335 e. The van der Waals surface area contributed by atoms with Crippen LogP contribution in [0.1, 0.15) is 45.2 Å². The second-order valence-corrected chi connectivity index (χ2v) is 5.85. The van der Waals surface area contributed by atoms with E-state index in [4.69, 9.17) is 9.84 Å². The molecule has 2 N–H and O–H groups in total. The number of carbonyl (C=O) groups is 2. The molecule has 0 aliphatic carbocycles. The van der Waals surface area contributed by atoms with Crippen molar-refractivity contribution in [1.29, 1.82) is 0 Å². The number of benzene rings is 2. The Labute approximate surface area is 140 Å². The van der Waals surface area contributed by atoms with E-state index in [0.717, 1.165) is 12.0 Å². The van der Waals surface area contributed by atoms with Gasteiger partial charge in [0.25, 0.3) is 5.91 Å². The molecule has 0 bridgehead atoms. The summed E-state index contributed by atoms with van der Waals surface area (Å²) in [5, 5.41) is 12.0. The molecule has 0 saturated carbocycles. The van der Waals surface area contributed by atoms with Crippen LogP contribution < -0.4 is 5.32 Å². The number of ether oxygens (including phenoxy) is 1. The molecule has 2 aromatic carbocycles. The molecule has 1 saturated heterocycles. The number of nitrogens with one attached hydrogen (secondary N) is 1. The van der Waals surface area contributed by atoms with Crippen molar-refractivity contribution in [3.63, 3.8) is 0 Å². The van der Waals surface area contributed by atoms with E-state index in [-0.39, 0.29) is 23.6 Å². The third kappa shape index (κ3) is 3.81. The van der Waals surface area contributed by atoms with Gasteiger partial charge in [-0.25, -0.2) is 4.79 Å². The number of carbonyl (C=O) groups excluding carboxylic acids is 1. The average molecular weight is 325 g/mol. The molecule has 0 aromatic heterocycles. The average Bonchev–Trinajstić information content (AvgIpc) is 2.63. The van der Waals surface area contributed by atoms with Gasteiger partial charge in [0, 0.05) is 18.2 Å². The zero-order valence-electron chi connectivity index (χ0n) is 13.1. The summed E-state index contributed by atoms with van der Waals surface area (Å²) >= 11 is 0. The van der Waals surface area contributed by atoms with Crippen LogP contribution in [0, 0.1) is 0 Å². The van der Waals surface area contributed by atoms with E-state index in [2.05, 4.69) is 5.32 Å². The second-order valence-electron chi connectivity index (χ2n) is 5.85. The predicted octanol–water partition coefficient (Wildman–Crippen LogP) is 3.03. The number of hydrogen-bond donors (Lipinski definition) is 2. The fourth-order valence-corrected chi connectivity index (χ4v) is 2.89. The van der Waals surface area contributed by atoms with E-state index in [1.165, 1.54) is 12.1 Å². The minimum atomic E-state index is -1.04. The van der Waals surface area contributed by atoms with Crippen LogP contribution in [-0.2, 0) is 4.74 Å². The highest BCUT2D eigenvalue weighted by Gasteiger charge is 2.25. The highest BCUT2D eigenvalue weighted by Crippen LogP contribution is 2.28. The van der Waals surface area contributed by atoms with Gasteiger partial charge in [0.05, 0.1) is 11.7 Å². The van der Waals surface area contributed by atoms with Gasteiger partial charge in [-0.3, -0.25) is 4.79 Å². The van der Waals surface area contributed by atoms with Crippen molar-refractivity contribution in [2.75, 3.05) is 6.61 Å². The number of amides is 1. The predicted molar refractivity (Wildman–Crippen MR) is 89.0 cm³/mol. The summed E-state index contributed by atoms with van der Waals surface area (Å²) in [4.78, 5) is 23.4. The Balaban J connectivity index is 1.66. The summed E-state index contributed by atoms with van der Waals surface area (Å²) in [6.07, 6.45) is 1.41. The quantitative estimate of drug-likeness (QED) is 0.906. The maximum absolute atomic E-state index is 12.4. The van der Waals surface area contributed by atoms with Crippen molar-refractivity contribution in [2.45, 2.75) is 25.0 Å². The minimum absolute atomic E-state index is 0.00457. The van der Waals surface area contributed by atoms with Gasteiger partial charge in [0.1, 0.15) is 0 Å². The van der Waals surface area contributed by atoms with Crippen molar-refractivity contribution < 1.29 is 19.4 Å². The molecule has 24 heavy (non-hydrogen) atoms. The Bertz CT molecular complexity index is 729. The monoisotopic (exact) mass is 325 g/mol. The Hall–Kier alpha value is -2.66. The Morgan fingerprint density at radius 1 is 1.04 bits per heavy atom. The summed E-state index contributed by atoms with van der Waals surface area (Å²) in [5.41, 5.74) is 1.57. The van der Waals surface area contributed by atoms with Crippen LogP contribution in [0.3, 0.4) is 0 Å². The van der Waals surface area contributed by atoms with Crippen LogP contribution in [0.4, 0.5) is 0 Å². The largest absolute Gasteiger partial charge is 0.478 e. The lowest BCUT2D eigenvalue weighted by molar-refractivity contribution is 0.000904. The summed E-state index contributed by atoms with van der Waals surface area (Å²) < 4.78 is 5.80. The van der Waals surface area contributed by atoms with E-state index < -0.39 is 5.97 Å². The maximum atomic E-state index is 12.4. The Morgan fingerprint density at radius 3 is 2.54 bits per heavy atom. The highest BCUT2D eigenvalue weighted by molar-refractivity contribution is 5.97. The molecule has 1 aliphatic heterocycles. The molecular formula is C19H19NO4. The molecule has 124 valence electrons. The van der Waals surface area contributed by atoms with Gasteiger partial charge >= 0.3 is 5.97 Å². The fourth-order valence-electron chi connectivity index (χ4n) is 2.89. The van der Waals surface area contributed by atoms with Crippen LogP contribution in [0.5, 0.6) is 0 Å².